The van der Waals surface area contributed by atoms with Crippen LogP contribution in [0.4, 0.5) is 4.39 Å². The number of rotatable bonds is 3. The molecule has 0 radical (unpaired) electrons. The van der Waals surface area contributed by atoms with Gasteiger partial charge in [0.05, 0.1) is 0 Å². The molecule has 1 atom stereocenters. The molecular formula is C15H18FNO3. The van der Waals surface area contributed by atoms with E-state index in [9.17, 15) is 19.1 Å². The second-order valence-electron chi connectivity index (χ2n) is 5.21. The van der Waals surface area contributed by atoms with Gasteiger partial charge in [-0.2, -0.15) is 0 Å². The number of hydrogen-bond donors (Lipinski definition) is 1. The smallest absolute Gasteiger partial charge is 0.329 e. The maximum atomic E-state index is 13.6. The van der Waals surface area contributed by atoms with Crippen molar-refractivity contribution in [2.75, 3.05) is 6.54 Å². The molecular weight excluding hydrogens is 261 g/mol. The first-order valence-electron chi connectivity index (χ1n) is 6.74. The number of nitrogens with zero attached hydrogens (tertiary/aromatic N) is 1. The van der Waals surface area contributed by atoms with Gasteiger partial charge in [0.1, 0.15) is 11.4 Å². The fourth-order valence-corrected chi connectivity index (χ4v) is 2.80. The van der Waals surface area contributed by atoms with E-state index in [1.54, 1.807) is 19.9 Å². The minimum absolute atomic E-state index is 0.203. The quantitative estimate of drug-likeness (QED) is 0.925. The first-order chi connectivity index (χ1) is 9.42. The summed E-state index contributed by atoms with van der Waals surface area (Å²) in [4.78, 5) is 25.4. The van der Waals surface area contributed by atoms with Crippen LogP contribution in [0.3, 0.4) is 0 Å². The Hall–Kier alpha value is -1.91. The number of amides is 1. The molecule has 0 aliphatic carbocycles. The van der Waals surface area contributed by atoms with E-state index in [1.165, 1.54) is 17.0 Å². The molecule has 0 spiro atoms. The van der Waals surface area contributed by atoms with Gasteiger partial charge in [-0.25, -0.2) is 9.18 Å². The van der Waals surface area contributed by atoms with Crippen LogP contribution >= 0.6 is 0 Å². The van der Waals surface area contributed by atoms with E-state index >= 15 is 0 Å². The fourth-order valence-electron chi connectivity index (χ4n) is 2.80. The zero-order chi connectivity index (χ0) is 14.9. The Morgan fingerprint density at radius 3 is 2.70 bits per heavy atom. The Bertz CT molecular complexity index is 558. The number of aliphatic carboxylic acids is 1. The van der Waals surface area contributed by atoms with Gasteiger partial charge in [0, 0.05) is 12.1 Å². The summed E-state index contributed by atoms with van der Waals surface area (Å²) >= 11 is 0. The van der Waals surface area contributed by atoms with Crippen LogP contribution in [0, 0.1) is 12.7 Å². The molecule has 1 aromatic carbocycles. The molecule has 1 aliphatic rings. The number of halogens is 1. The minimum Gasteiger partial charge on any atom is -0.479 e. The minimum atomic E-state index is -1.15. The Morgan fingerprint density at radius 2 is 2.15 bits per heavy atom. The van der Waals surface area contributed by atoms with Gasteiger partial charge in [0.2, 0.25) is 0 Å². The lowest BCUT2D eigenvalue weighted by molar-refractivity contribution is -0.148. The van der Waals surface area contributed by atoms with Crippen LogP contribution in [0.5, 0.6) is 0 Å². The van der Waals surface area contributed by atoms with E-state index in [1.807, 2.05) is 0 Å². The van der Waals surface area contributed by atoms with E-state index in [0.717, 1.165) is 0 Å². The summed E-state index contributed by atoms with van der Waals surface area (Å²) in [7, 11) is 0. The number of carbonyl (C=O) groups excluding carboxylic acids is 1. The van der Waals surface area contributed by atoms with Gasteiger partial charge in [-0.15, -0.1) is 0 Å². The van der Waals surface area contributed by atoms with Crippen molar-refractivity contribution in [2.24, 2.45) is 0 Å². The maximum absolute atomic E-state index is 13.6. The van der Waals surface area contributed by atoms with Crippen molar-refractivity contribution in [3.8, 4) is 0 Å². The summed E-state index contributed by atoms with van der Waals surface area (Å²) in [6.45, 7) is 3.77. The van der Waals surface area contributed by atoms with E-state index in [0.29, 0.717) is 31.4 Å². The first-order valence-corrected chi connectivity index (χ1v) is 6.74. The Kier molecular flexibility index (Phi) is 3.79. The fraction of sp³-hybridized carbons (Fsp3) is 0.467. The SMILES string of the molecule is CCC1(C(=O)O)CCCN1C(=O)c1ccc(C)c(F)c1. The molecule has 108 valence electrons. The molecule has 1 N–H and O–H groups in total. The van der Waals surface area contributed by atoms with E-state index in [4.69, 9.17) is 0 Å². The number of benzene rings is 1. The predicted molar refractivity (Wildman–Crippen MR) is 72.1 cm³/mol. The van der Waals surface area contributed by atoms with Gasteiger partial charge in [-0.3, -0.25) is 4.79 Å². The van der Waals surface area contributed by atoms with Gasteiger partial charge in [0.25, 0.3) is 5.91 Å². The lowest BCUT2D eigenvalue weighted by Crippen LogP contribution is -2.52. The molecule has 1 unspecified atom stereocenters. The van der Waals surface area contributed by atoms with Gasteiger partial charge in [0.15, 0.2) is 0 Å². The molecule has 1 aromatic rings. The summed E-state index contributed by atoms with van der Waals surface area (Å²) < 4.78 is 13.6. The van der Waals surface area contributed by atoms with Crippen molar-refractivity contribution >= 4 is 11.9 Å². The average molecular weight is 279 g/mol. The Labute approximate surface area is 117 Å². The van der Waals surface area contributed by atoms with Crippen LogP contribution in [0.25, 0.3) is 0 Å². The van der Waals surface area contributed by atoms with Crippen LogP contribution < -0.4 is 0 Å². The van der Waals surface area contributed by atoms with Crippen molar-refractivity contribution in [3.63, 3.8) is 0 Å². The van der Waals surface area contributed by atoms with Gasteiger partial charge < -0.3 is 10.0 Å². The monoisotopic (exact) mass is 279 g/mol. The van der Waals surface area contributed by atoms with Gasteiger partial charge in [-0.05, 0) is 43.9 Å². The molecule has 0 aromatic heterocycles. The summed E-state index contributed by atoms with van der Waals surface area (Å²) in [5.41, 5.74) is -0.490. The van der Waals surface area contributed by atoms with E-state index in [2.05, 4.69) is 0 Å². The summed E-state index contributed by atoms with van der Waals surface area (Å²) in [5.74, 6) is -1.85. The normalized spacial score (nSPS) is 22.1. The zero-order valence-electron chi connectivity index (χ0n) is 11.6. The van der Waals surface area contributed by atoms with E-state index in [-0.39, 0.29) is 5.56 Å². The standard InChI is InChI=1S/C15H18FNO3/c1-3-15(14(19)20)7-4-8-17(15)13(18)11-6-5-10(2)12(16)9-11/h5-6,9H,3-4,7-8H2,1-2H3,(H,19,20). The maximum Gasteiger partial charge on any atom is 0.329 e. The van der Waals surface area contributed by atoms with Crippen molar-refractivity contribution in [1.29, 1.82) is 0 Å². The molecule has 1 aliphatic heterocycles. The summed E-state index contributed by atoms with van der Waals surface area (Å²) in [6, 6.07) is 4.26. The van der Waals surface area contributed by atoms with Crippen LogP contribution in [0.15, 0.2) is 18.2 Å². The lowest BCUT2D eigenvalue weighted by Gasteiger charge is -2.34. The van der Waals surface area contributed by atoms with Crippen LogP contribution in [-0.4, -0.2) is 34.0 Å². The van der Waals surface area contributed by atoms with Crippen LogP contribution in [0.1, 0.15) is 42.1 Å². The number of carbonyl (C=O) groups is 2. The molecule has 4 nitrogen and oxygen atoms in total. The average Bonchev–Trinajstić information content (AvgIpc) is 2.86. The highest BCUT2D eigenvalue weighted by Gasteiger charge is 2.48. The molecule has 5 heteroatoms. The van der Waals surface area contributed by atoms with Crippen LogP contribution in [-0.2, 0) is 4.79 Å². The van der Waals surface area contributed by atoms with Gasteiger partial charge in [-0.1, -0.05) is 13.0 Å². The predicted octanol–water partition coefficient (Wildman–Crippen LogP) is 2.60. The summed E-state index contributed by atoms with van der Waals surface area (Å²) in [6.07, 6.45) is 1.45. The largest absolute Gasteiger partial charge is 0.479 e. The van der Waals surface area contributed by atoms with Gasteiger partial charge >= 0.3 is 5.97 Å². The molecule has 1 amide bonds. The van der Waals surface area contributed by atoms with Crippen molar-refractivity contribution in [3.05, 3.63) is 35.1 Å². The highest BCUT2D eigenvalue weighted by atomic mass is 19.1. The number of hydrogen-bond acceptors (Lipinski definition) is 2. The Morgan fingerprint density at radius 1 is 1.45 bits per heavy atom. The third-order valence-electron chi connectivity index (χ3n) is 4.14. The second-order valence-corrected chi connectivity index (χ2v) is 5.21. The van der Waals surface area contributed by atoms with Crippen LogP contribution in [0.2, 0.25) is 0 Å². The topological polar surface area (TPSA) is 57.6 Å². The van der Waals surface area contributed by atoms with Crippen molar-refractivity contribution < 1.29 is 19.1 Å². The highest BCUT2D eigenvalue weighted by molar-refractivity contribution is 5.98. The highest BCUT2D eigenvalue weighted by Crippen LogP contribution is 2.34. The lowest BCUT2D eigenvalue weighted by atomic mass is 9.92. The van der Waals surface area contributed by atoms with Crippen molar-refractivity contribution in [2.45, 2.75) is 38.6 Å². The number of aryl methyl sites for hydroxylation is 1. The molecule has 1 saturated heterocycles. The molecule has 0 bridgehead atoms. The molecule has 0 saturated carbocycles. The molecule has 20 heavy (non-hydrogen) atoms. The first kappa shape index (κ1) is 14.5. The molecule has 2 rings (SSSR count). The van der Waals surface area contributed by atoms with E-state index < -0.39 is 23.2 Å². The summed E-state index contributed by atoms with van der Waals surface area (Å²) in [5, 5.41) is 9.46. The number of carboxylic acids is 1. The second kappa shape index (κ2) is 5.23. The number of carboxylic acid groups (broad SMARTS) is 1. The van der Waals surface area contributed by atoms with Crippen molar-refractivity contribution in [1.82, 2.24) is 4.90 Å². The molecule has 1 heterocycles. The third-order valence-corrected chi connectivity index (χ3v) is 4.14. The third kappa shape index (κ3) is 2.17. The Balaban J connectivity index is 2.36. The zero-order valence-corrected chi connectivity index (χ0v) is 11.6. The molecule has 1 fully saturated rings. The number of likely N-dealkylation sites (tertiary alicyclic amines) is 1.